The number of unbranched alkanes of at least 4 members (excludes halogenated alkanes) is 6. The molecule has 14 heavy (non-hydrogen) atoms. The van der Waals surface area contributed by atoms with Crippen molar-refractivity contribution < 1.29 is 9.53 Å². The molecule has 0 spiro atoms. The summed E-state index contributed by atoms with van der Waals surface area (Å²) in [6.45, 7) is 0. The van der Waals surface area contributed by atoms with Gasteiger partial charge in [0, 0.05) is 12.8 Å². The Morgan fingerprint density at radius 2 is 1.71 bits per heavy atom. The van der Waals surface area contributed by atoms with Crippen LogP contribution in [0.2, 0.25) is 0 Å². The van der Waals surface area contributed by atoms with Gasteiger partial charge in [0.05, 0.1) is 13.2 Å². The highest BCUT2D eigenvalue weighted by Crippen LogP contribution is 2.08. The molecule has 0 rings (SSSR count). The highest BCUT2D eigenvalue weighted by molar-refractivity contribution is 5.68. The third-order valence-corrected chi connectivity index (χ3v) is 2.15. The van der Waals surface area contributed by atoms with Gasteiger partial charge in [-0.15, -0.1) is 0 Å². The predicted octanol–water partition coefficient (Wildman–Crippen LogP) is 2.80. The van der Waals surface area contributed by atoms with Gasteiger partial charge in [-0.1, -0.05) is 25.7 Å². The van der Waals surface area contributed by atoms with E-state index in [4.69, 9.17) is 5.26 Å². The first-order valence-electron chi connectivity index (χ1n) is 5.25. The number of esters is 1. The topological polar surface area (TPSA) is 50.1 Å². The fraction of sp³-hybridized carbons (Fsp3) is 0.818. The lowest BCUT2D eigenvalue weighted by Gasteiger charge is -1.99. The lowest BCUT2D eigenvalue weighted by molar-refractivity contribution is -0.140. The largest absolute Gasteiger partial charge is 0.469 e. The summed E-state index contributed by atoms with van der Waals surface area (Å²) in [5.74, 6) is -0.116. The van der Waals surface area contributed by atoms with Gasteiger partial charge in [0.2, 0.25) is 0 Å². The van der Waals surface area contributed by atoms with Gasteiger partial charge < -0.3 is 4.74 Å². The van der Waals surface area contributed by atoms with Crippen LogP contribution in [-0.4, -0.2) is 13.1 Å². The number of hydrogen-bond acceptors (Lipinski definition) is 3. The quantitative estimate of drug-likeness (QED) is 0.444. The maximum absolute atomic E-state index is 10.7. The molecule has 0 aliphatic heterocycles. The van der Waals surface area contributed by atoms with E-state index >= 15 is 0 Å². The van der Waals surface area contributed by atoms with E-state index in [-0.39, 0.29) is 5.97 Å². The second-order valence-electron chi connectivity index (χ2n) is 3.36. The Balaban J connectivity index is 3.00. The number of nitrogens with zero attached hydrogens (tertiary/aromatic N) is 1. The van der Waals surface area contributed by atoms with Gasteiger partial charge in [0.1, 0.15) is 0 Å². The van der Waals surface area contributed by atoms with Crippen LogP contribution in [0.3, 0.4) is 0 Å². The molecule has 0 aliphatic carbocycles. The third kappa shape index (κ3) is 9.05. The number of nitriles is 1. The van der Waals surface area contributed by atoms with E-state index in [0.717, 1.165) is 32.1 Å². The first-order chi connectivity index (χ1) is 6.81. The Morgan fingerprint density at radius 1 is 1.14 bits per heavy atom. The van der Waals surface area contributed by atoms with Crippen LogP contribution in [0.25, 0.3) is 0 Å². The monoisotopic (exact) mass is 197 g/mol. The van der Waals surface area contributed by atoms with E-state index in [1.165, 1.54) is 13.5 Å². The van der Waals surface area contributed by atoms with Crippen LogP contribution in [-0.2, 0) is 9.53 Å². The normalized spacial score (nSPS) is 9.43. The Morgan fingerprint density at radius 3 is 2.29 bits per heavy atom. The van der Waals surface area contributed by atoms with Crippen molar-refractivity contribution in [3.8, 4) is 6.07 Å². The standard InChI is InChI=1S/C11H19NO2/c1-14-11(13)9-7-5-3-2-4-6-8-10-12/h2-9H2,1H3. The molecule has 0 radical (unpaired) electrons. The molecule has 0 unspecified atom stereocenters. The molecular weight excluding hydrogens is 178 g/mol. The summed E-state index contributed by atoms with van der Waals surface area (Å²) in [5.41, 5.74) is 0. The Labute approximate surface area is 86.1 Å². The molecule has 0 saturated carbocycles. The summed E-state index contributed by atoms with van der Waals surface area (Å²) in [5, 5.41) is 8.29. The van der Waals surface area contributed by atoms with Crippen LogP contribution >= 0.6 is 0 Å². The number of carbonyl (C=O) groups excluding carboxylic acids is 1. The van der Waals surface area contributed by atoms with E-state index in [9.17, 15) is 4.79 Å². The van der Waals surface area contributed by atoms with E-state index in [1.807, 2.05) is 0 Å². The van der Waals surface area contributed by atoms with Gasteiger partial charge in [-0.25, -0.2) is 0 Å². The van der Waals surface area contributed by atoms with E-state index in [0.29, 0.717) is 12.8 Å². The average molecular weight is 197 g/mol. The molecule has 0 aromatic rings. The molecular formula is C11H19NO2. The fourth-order valence-corrected chi connectivity index (χ4v) is 1.28. The molecule has 0 saturated heterocycles. The second-order valence-corrected chi connectivity index (χ2v) is 3.36. The number of methoxy groups -OCH3 is 1. The minimum absolute atomic E-state index is 0.116. The first-order valence-corrected chi connectivity index (χ1v) is 5.25. The molecule has 0 aromatic heterocycles. The molecule has 0 fully saturated rings. The molecule has 3 heteroatoms. The SMILES string of the molecule is COC(=O)CCCCCCCCC#N. The van der Waals surface area contributed by atoms with Crippen molar-refractivity contribution in [2.75, 3.05) is 7.11 Å². The minimum Gasteiger partial charge on any atom is -0.469 e. The maximum Gasteiger partial charge on any atom is 0.305 e. The van der Waals surface area contributed by atoms with E-state index in [1.54, 1.807) is 0 Å². The van der Waals surface area contributed by atoms with Gasteiger partial charge in [-0.3, -0.25) is 4.79 Å². The van der Waals surface area contributed by atoms with Crippen LogP contribution in [0.1, 0.15) is 51.4 Å². The van der Waals surface area contributed by atoms with Gasteiger partial charge in [-0.05, 0) is 12.8 Å². The van der Waals surface area contributed by atoms with Gasteiger partial charge >= 0.3 is 5.97 Å². The molecule has 0 bridgehead atoms. The third-order valence-electron chi connectivity index (χ3n) is 2.15. The molecule has 80 valence electrons. The number of ether oxygens (including phenoxy) is 1. The number of rotatable bonds is 8. The van der Waals surface area contributed by atoms with Crippen LogP contribution < -0.4 is 0 Å². The predicted molar refractivity (Wildman–Crippen MR) is 54.6 cm³/mol. The molecule has 3 nitrogen and oxygen atoms in total. The second kappa shape index (κ2) is 10.0. The summed E-state index contributed by atoms with van der Waals surface area (Å²) >= 11 is 0. The smallest absolute Gasteiger partial charge is 0.305 e. The number of hydrogen-bond donors (Lipinski definition) is 0. The zero-order valence-electron chi connectivity index (χ0n) is 8.92. The van der Waals surface area contributed by atoms with Crippen LogP contribution in [0.4, 0.5) is 0 Å². The highest BCUT2D eigenvalue weighted by atomic mass is 16.5. The number of carbonyl (C=O) groups is 1. The lowest BCUT2D eigenvalue weighted by atomic mass is 10.1. The summed E-state index contributed by atoms with van der Waals surface area (Å²) in [7, 11) is 1.42. The van der Waals surface area contributed by atoms with Crippen molar-refractivity contribution in [1.29, 1.82) is 5.26 Å². The van der Waals surface area contributed by atoms with Gasteiger partial charge in [0.15, 0.2) is 0 Å². The zero-order chi connectivity index (χ0) is 10.6. The van der Waals surface area contributed by atoms with Crippen molar-refractivity contribution in [1.82, 2.24) is 0 Å². The van der Waals surface area contributed by atoms with Crippen molar-refractivity contribution >= 4 is 5.97 Å². The molecule has 0 atom stereocenters. The zero-order valence-corrected chi connectivity index (χ0v) is 8.92. The fourth-order valence-electron chi connectivity index (χ4n) is 1.28. The summed E-state index contributed by atoms with van der Waals surface area (Å²) in [6, 6.07) is 2.13. The van der Waals surface area contributed by atoms with Crippen molar-refractivity contribution in [2.45, 2.75) is 51.4 Å². The Kier molecular flexibility index (Phi) is 9.30. The summed E-state index contributed by atoms with van der Waals surface area (Å²) in [4.78, 5) is 10.7. The Hall–Kier alpha value is -1.04. The van der Waals surface area contributed by atoms with Crippen LogP contribution in [0.15, 0.2) is 0 Å². The minimum atomic E-state index is -0.116. The molecule has 0 N–H and O–H groups in total. The highest BCUT2D eigenvalue weighted by Gasteiger charge is 1.98. The molecule has 0 aromatic carbocycles. The maximum atomic E-state index is 10.7. The first kappa shape index (κ1) is 13.0. The molecule has 0 heterocycles. The van der Waals surface area contributed by atoms with Crippen LogP contribution in [0.5, 0.6) is 0 Å². The molecule has 0 aliphatic rings. The van der Waals surface area contributed by atoms with E-state index < -0.39 is 0 Å². The summed E-state index contributed by atoms with van der Waals surface area (Å²) in [6.07, 6.45) is 7.67. The van der Waals surface area contributed by atoms with Crippen LogP contribution in [0, 0.1) is 11.3 Å². The molecule has 0 amide bonds. The Bertz CT molecular complexity index is 184. The van der Waals surface area contributed by atoms with Crippen molar-refractivity contribution in [3.05, 3.63) is 0 Å². The van der Waals surface area contributed by atoms with Gasteiger partial charge in [-0.2, -0.15) is 5.26 Å². The average Bonchev–Trinajstić information content (AvgIpc) is 2.21. The van der Waals surface area contributed by atoms with Gasteiger partial charge in [0.25, 0.3) is 0 Å². The van der Waals surface area contributed by atoms with Crippen molar-refractivity contribution in [2.24, 2.45) is 0 Å². The van der Waals surface area contributed by atoms with Crippen molar-refractivity contribution in [3.63, 3.8) is 0 Å². The lowest BCUT2D eigenvalue weighted by Crippen LogP contribution is -1.99. The van der Waals surface area contributed by atoms with E-state index in [2.05, 4.69) is 10.8 Å². The summed E-state index contributed by atoms with van der Waals surface area (Å²) < 4.78 is 4.53.